The van der Waals surface area contributed by atoms with Crippen LogP contribution in [-0.2, 0) is 6.18 Å². The lowest BCUT2D eigenvalue weighted by Gasteiger charge is -2.05. The second-order valence-electron chi connectivity index (χ2n) is 3.89. The van der Waals surface area contributed by atoms with Crippen molar-refractivity contribution in [1.82, 2.24) is 19.3 Å². The molecule has 0 unspecified atom stereocenters. The molecular weight excluding hydrogens is 281 g/mol. The van der Waals surface area contributed by atoms with Crippen LogP contribution in [-0.4, -0.2) is 19.3 Å². The van der Waals surface area contributed by atoms with Gasteiger partial charge in [-0.05, 0) is 24.3 Å². The lowest BCUT2D eigenvalue weighted by molar-refractivity contribution is -0.137. The molecule has 19 heavy (non-hydrogen) atoms. The highest BCUT2D eigenvalue weighted by Gasteiger charge is 2.31. The molecule has 3 aromatic rings. The van der Waals surface area contributed by atoms with E-state index >= 15 is 0 Å². The van der Waals surface area contributed by atoms with Crippen LogP contribution < -0.4 is 0 Å². The van der Waals surface area contributed by atoms with E-state index in [-0.39, 0.29) is 5.52 Å². The van der Waals surface area contributed by atoms with Gasteiger partial charge < -0.3 is 0 Å². The largest absolute Gasteiger partial charge is 0.416 e. The molecule has 0 aliphatic carbocycles. The van der Waals surface area contributed by atoms with Crippen molar-refractivity contribution in [3.63, 3.8) is 0 Å². The molecule has 0 spiro atoms. The second kappa shape index (κ2) is 3.99. The maximum absolute atomic E-state index is 12.6. The van der Waals surface area contributed by atoms with Crippen LogP contribution in [0.2, 0.25) is 0 Å². The minimum atomic E-state index is -4.40. The quantitative estimate of drug-likeness (QED) is 0.745. The van der Waals surface area contributed by atoms with Crippen LogP contribution in [0.5, 0.6) is 0 Å². The number of nitrogens with one attached hydrogen (secondary N) is 1. The summed E-state index contributed by atoms with van der Waals surface area (Å²) in [5, 5.41) is 6.41. The van der Waals surface area contributed by atoms with Crippen molar-refractivity contribution in [3.8, 4) is 11.5 Å². The Morgan fingerprint density at radius 1 is 1.21 bits per heavy atom. The van der Waals surface area contributed by atoms with Gasteiger partial charge in [0.1, 0.15) is 5.69 Å². The third-order valence-corrected chi connectivity index (χ3v) is 3.01. The van der Waals surface area contributed by atoms with Crippen molar-refractivity contribution in [2.45, 2.75) is 6.18 Å². The molecular formula is C11H6ClF3N4. The van der Waals surface area contributed by atoms with Crippen LogP contribution in [0, 0.1) is 0 Å². The fraction of sp³-hybridized carbons (Fsp3) is 0.0909. The maximum atomic E-state index is 12.6. The molecule has 0 saturated carbocycles. The first kappa shape index (κ1) is 12.0. The zero-order valence-electron chi connectivity index (χ0n) is 9.24. The molecule has 1 aromatic carbocycles. The van der Waals surface area contributed by atoms with Gasteiger partial charge in [0.15, 0.2) is 5.82 Å². The van der Waals surface area contributed by atoms with E-state index in [1.807, 2.05) is 0 Å². The van der Waals surface area contributed by atoms with E-state index in [1.54, 1.807) is 6.07 Å². The van der Waals surface area contributed by atoms with Gasteiger partial charge in [-0.2, -0.15) is 18.3 Å². The normalized spacial score (nSPS) is 12.2. The van der Waals surface area contributed by atoms with Gasteiger partial charge in [0.2, 0.25) is 0 Å². The molecule has 0 aliphatic rings. The van der Waals surface area contributed by atoms with Gasteiger partial charge in [-0.15, -0.1) is 0 Å². The lowest BCUT2D eigenvalue weighted by atomic mass is 10.2. The second-order valence-corrected chi connectivity index (χ2v) is 4.23. The Kier molecular flexibility index (Phi) is 2.53. The summed E-state index contributed by atoms with van der Waals surface area (Å²) in [4.78, 5) is 4.09. The minimum absolute atomic E-state index is 0.175. The van der Waals surface area contributed by atoms with E-state index in [1.165, 1.54) is 16.3 Å². The molecule has 98 valence electrons. The van der Waals surface area contributed by atoms with Crippen LogP contribution in [0.3, 0.4) is 0 Å². The zero-order chi connectivity index (χ0) is 13.6. The highest BCUT2D eigenvalue weighted by atomic mass is 35.5. The highest BCUT2D eigenvalue weighted by molar-refractivity contribution is 6.20. The summed E-state index contributed by atoms with van der Waals surface area (Å²) in [7, 11) is 0. The van der Waals surface area contributed by atoms with Gasteiger partial charge in [-0.3, -0.25) is 5.10 Å². The van der Waals surface area contributed by atoms with Gasteiger partial charge in [0.05, 0.1) is 16.6 Å². The Bertz CT molecular complexity index is 730. The number of rotatable bonds is 1. The molecule has 1 N–H and O–H groups in total. The van der Waals surface area contributed by atoms with Crippen molar-refractivity contribution >= 4 is 22.8 Å². The maximum Gasteiger partial charge on any atom is 0.416 e. The summed E-state index contributed by atoms with van der Waals surface area (Å²) in [6.45, 7) is 0. The standard InChI is InChI=1S/C11H6ClF3N4/c12-19-9-2-1-6(11(13,14)15)5-8(9)17-10(19)7-3-4-16-18-7/h1-5H,(H,16,18). The predicted molar refractivity (Wildman–Crippen MR) is 63.6 cm³/mol. The molecule has 2 aromatic heterocycles. The minimum Gasteiger partial charge on any atom is -0.275 e. The first-order valence-electron chi connectivity index (χ1n) is 5.22. The van der Waals surface area contributed by atoms with Crippen LogP contribution in [0.15, 0.2) is 30.5 Å². The predicted octanol–water partition coefficient (Wildman–Crippen LogP) is 3.45. The zero-order valence-corrected chi connectivity index (χ0v) is 10.00. The van der Waals surface area contributed by atoms with Gasteiger partial charge in [-0.25, -0.2) is 9.07 Å². The molecule has 0 bridgehead atoms. The van der Waals surface area contributed by atoms with E-state index in [9.17, 15) is 13.2 Å². The van der Waals surface area contributed by atoms with E-state index in [4.69, 9.17) is 11.8 Å². The van der Waals surface area contributed by atoms with Crippen molar-refractivity contribution in [1.29, 1.82) is 0 Å². The molecule has 3 rings (SSSR count). The average molecular weight is 287 g/mol. The van der Waals surface area contributed by atoms with E-state index in [0.29, 0.717) is 17.0 Å². The van der Waals surface area contributed by atoms with Crippen LogP contribution >= 0.6 is 11.8 Å². The average Bonchev–Trinajstić information content (AvgIpc) is 2.96. The van der Waals surface area contributed by atoms with E-state index < -0.39 is 11.7 Å². The van der Waals surface area contributed by atoms with Gasteiger partial charge in [-0.1, -0.05) is 0 Å². The Labute approximate surface area is 109 Å². The summed E-state index contributed by atoms with van der Waals surface area (Å²) < 4.78 is 39.0. The van der Waals surface area contributed by atoms with Gasteiger partial charge >= 0.3 is 6.18 Å². The van der Waals surface area contributed by atoms with Crippen LogP contribution in [0.4, 0.5) is 13.2 Å². The molecule has 2 heterocycles. The number of H-pyrrole nitrogens is 1. The Morgan fingerprint density at radius 3 is 2.63 bits per heavy atom. The number of alkyl halides is 3. The molecule has 0 radical (unpaired) electrons. The monoisotopic (exact) mass is 286 g/mol. The first-order valence-corrected chi connectivity index (χ1v) is 5.56. The van der Waals surface area contributed by atoms with Crippen molar-refractivity contribution in [3.05, 3.63) is 36.0 Å². The number of hydrogen-bond acceptors (Lipinski definition) is 2. The SMILES string of the molecule is FC(F)(F)c1ccc2c(c1)nc(-c1ccn[nH]1)n2Cl. The van der Waals surface area contributed by atoms with Crippen molar-refractivity contribution in [2.75, 3.05) is 0 Å². The Morgan fingerprint density at radius 2 is 2.00 bits per heavy atom. The van der Waals surface area contributed by atoms with E-state index in [0.717, 1.165) is 12.1 Å². The summed E-state index contributed by atoms with van der Waals surface area (Å²) in [5.41, 5.74) is 0.347. The molecule has 8 heteroatoms. The molecule has 0 saturated heterocycles. The number of nitrogens with zero attached hydrogens (tertiary/aromatic N) is 3. The third-order valence-electron chi connectivity index (χ3n) is 2.67. The number of hydrogen-bond donors (Lipinski definition) is 1. The number of benzene rings is 1. The van der Waals surface area contributed by atoms with Gasteiger partial charge in [0.25, 0.3) is 0 Å². The number of aromatic amines is 1. The summed E-state index contributed by atoms with van der Waals surface area (Å²) >= 11 is 6.04. The highest BCUT2D eigenvalue weighted by Crippen LogP contribution is 2.32. The molecule has 4 nitrogen and oxygen atoms in total. The Hall–Kier alpha value is -2.02. The molecule has 0 aliphatic heterocycles. The fourth-order valence-electron chi connectivity index (χ4n) is 1.77. The Balaban J connectivity index is 2.21. The van der Waals surface area contributed by atoms with Crippen LogP contribution in [0.1, 0.15) is 5.56 Å². The van der Waals surface area contributed by atoms with Crippen LogP contribution in [0.25, 0.3) is 22.6 Å². The topological polar surface area (TPSA) is 46.5 Å². The van der Waals surface area contributed by atoms with Gasteiger partial charge in [0, 0.05) is 18.0 Å². The smallest absolute Gasteiger partial charge is 0.275 e. The first-order chi connectivity index (χ1) is 8.97. The summed E-state index contributed by atoms with van der Waals surface area (Å²) in [6.07, 6.45) is -2.90. The number of aromatic nitrogens is 4. The number of fused-ring (bicyclic) bond motifs is 1. The summed E-state index contributed by atoms with van der Waals surface area (Å²) in [5.74, 6) is 0.313. The molecule has 0 fully saturated rings. The fourth-order valence-corrected chi connectivity index (χ4v) is 2.05. The third kappa shape index (κ3) is 1.95. The van der Waals surface area contributed by atoms with E-state index in [2.05, 4.69) is 15.2 Å². The summed E-state index contributed by atoms with van der Waals surface area (Å²) in [6, 6.07) is 4.86. The number of imidazole rings is 1. The number of halogens is 4. The van der Waals surface area contributed by atoms with Crippen molar-refractivity contribution in [2.24, 2.45) is 0 Å². The molecule has 0 amide bonds. The molecule has 0 atom stereocenters. The lowest BCUT2D eigenvalue weighted by Crippen LogP contribution is -2.04. The van der Waals surface area contributed by atoms with Crippen molar-refractivity contribution < 1.29 is 13.2 Å².